The molecular weight excluding hydrogens is 386 g/mol. The van der Waals surface area contributed by atoms with Gasteiger partial charge in [-0.2, -0.15) is 0 Å². The lowest BCUT2D eigenvalue weighted by Crippen LogP contribution is -2.46. The first kappa shape index (κ1) is 20.7. The van der Waals surface area contributed by atoms with Gasteiger partial charge in [-0.15, -0.1) is 0 Å². The number of H-pyrrole nitrogens is 1. The zero-order chi connectivity index (χ0) is 21.4. The van der Waals surface area contributed by atoms with Crippen LogP contribution in [0.25, 0.3) is 11.2 Å². The summed E-state index contributed by atoms with van der Waals surface area (Å²) in [6.07, 6.45) is 4.76. The van der Waals surface area contributed by atoms with E-state index in [4.69, 9.17) is 9.72 Å². The molecule has 0 saturated carbocycles. The predicted molar refractivity (Wildman–Crippen MR) is 113 cm³/mol. The molecule has 9 heteroatoms. The molecule has 2 saturated heterocycles. The van der Waals surface area contributed by atoms with E-state index in [1.165, 1.54) is 4.57 Å². The SMILES string of the molecule is CCCn1c(=O)c2[nH]c([C@H]3C[C@H]4CC[C@@H](C3)N4C(=O)OCC)nc2n(CCC)c1=O. The molecule has 2 aromatic rings. The Bertz CT molecular complexity index is 1040. The van der Waals surface area contributed by atoms with Gasteiger partial charge in [0.25, 0.3) is 5.56 Å². The van der Waals surface area contributed by atoms with Crippen LogP contribution in [0.3, 0.4) is 0 Å². The van der Waals surface area contributed by atoms with E-state index < -0.39 is 0 Å². The van der Waals surface area contributed by atoms with Crippen molar-refractivity contribution >= 4 is 17.3 Å². The van der Waals surface area contributed by atoms with E-state index in [1.807, 2.05) is 25.7 Å². The molecule has 2 bridgehead atoms. The van der Waals surface area contributed by atoms with Crippen LogP contribution in [-0.2, 0) is 17.8 Å². The first-order chi connectivity index (χ1) is 14.5. The first-order valence-corrected chi connectivity index (χ1v) is 11.2. The maximum Gasteiger partial charge on any atom is 0.410 e. The number of rotatable bonds is 6. The average molecular weight is 418 g/mol. The number of aromatic amines is 1. The molecule has 30 heavy (non-hydrogen) atoms. The van der Waals surface area contributed by atoms with Crippen LogP contribution in [0, 0.1) is 0 Å². The van der Waals surface area contributed by atoms with Crippen molar-refractivity contribution in [3.05, 3.63) is 26.7 Å². The second-order valence-electron chi connectivity index (χ2n) is 8.37. The summed E-state index contributed by atoms with van der Waals surface area (Å²) in [6, 6.07) is 0.270. The zero-order valence-corrected chi connectivity index (χ0v) is 18.0. The normalized spacial score (nSPS) is 23.3. The van der Waals surface area contributed by atoms with E-state index in [0.29, 0.717) is 37.3 Å². The Hall–Kier alpha value is -2.58. The Morgan fingerprint density at radius 1 is 1.07 bits per heavy atom. The fourth-order valence-corrected chi connectivity index (χ4v) is 5.12. The number of hydrogen-bond acceptors (Lipinski definition) is 5. The Morgan fingerprint density at radius 3 is 2.30 bits per heavy atom. The summed E-state index contributed by atoms with van der Waals surface area (Å²) >= 11 is 0. The first-order valence-electron chi connectivity index (χ1n) is 11.2. The minimum Gasteiger partial charge on any atom is -0.450 e. The quantitative estimate of drug-likeness (QED) is 0.778. The Labute approximate surface area is 175 Å². The van der Waals surface area contributed by atoms with Crippen molar-refractivity contribution in [1.82, 2.24) is 24.0 Å². The van der Waals surface area contributed by atoms with Crippen molar-refractivity contribution in [3.8, 4) is 0 Å². The highest BCUT2D eigenvalue weighted by Gasteiger charge is 2.45. The third kappa shape index (κ3) is 3.33. The number of amides is 1. The molecule has 2 aliphatic heterocycles. The third-order valence-corrected chi connectivity index (χ3v) is 6.37. The average Bonchev–Trinajstić information content (AvgIpc) is 3.28. The van der Waals surface area contributed by atoms with Crippen LogP contribution in [0.15, 0.2) is 9.59 Å². The minimum atomic E-state index is -0.296. The summed E-state index contributed by atoms with van der Waals surface area (Å²) in [5, 5.41) is 0. The maximum absolute atomic E-state index is 13.0. The third-order valence-electron chi connectivity index (χ3n) is 6.37. The monoisotopic (exact) mass is 417 g/mol. The molecule has 0 radical (unpaired) electrons. The molecule has 4 heterocycles. The summed E-state index contributed by atoms with van der Waals surface area (Å²) in [5.74, 6) is 0.880. The highest BCUT2D eigenvalue weighted by Crippen LogP contribution is 2.42. The fourth-order valence-electron chi connectivity index (χ4n) is 5.12. The molecule has 0 unspecified atom stereocenters. The van der Waals surface area contributed by atoms with Crippen molar-refractivity contribution in [1.29, 1.82) is 0 Å². The predicted octanol–water partition coefficient (Wildman–Crippen LogP) is 2.57. The van der Waals surface area contributed by atoms with Gasteiger partial charge >= 0.3 is 11.8 Å². The topological polar surface area (TPSA) is 102 Å². The van der Waals surface area contributed by atoms with Gasteiger partial charge in [-0.05, 0) is 45.4 Å². The van der Waals surface area contributed by atoms with E-state index >= 15 is 0 Å². The van der Waals surface area contributed by atoms with Gasteiger partial charge in [0.2, 0.25) is 0 Å². The number of nitrogens with one attached hydrogen (secondary N) is 1. The number of carbonyl (C=O) groups is 1. The molecule has 1 N–H and O–H groups in total. The number of ether oxygens (including phenoxy) is 1. The number of hydrogen-bond donors (Lipinski definition) is 1. The van der Waals surface area contributed by atoms with E-state index in [0.717, 1.165) is 37.9 Å². The van der Waals surface area contributed by atoms with E-state index in [-0.39, 0.29) is 35.3 Å². The van der Waals surface area contributed by atoms with Crippen molar-refractivity contribution < 1.29 is 9.53 Å². The lowest BCUT2D eigenvalue weighted by molar-refractivity contribution is 0.0683. The van der Waals surface area contributed by atoms with Crippen molar-refractivity contribution in [2.75, 3.05) is 6.61 Å². The number of nitrogens with zero attached hydrogens (tertiary/aromatic N) is 4. The number of fused-ring (bicyclic) bond motifs is 3. The highest BCUT2D eigenvalue weighted by atomic mass is 16.6. The van der Waals surface area contributed by atoms with Crippen LogP contribution < -0.4 is 11.2 Å². The Kier molecular flexibility index (Phi) is 5.71. The van der Waals surface area contributed by atoms with Crippen LogP contribution in [0.4, 0.5) is 4.79 Å². The van der Waals surface area contributed by atoms with Crippen molar-refractivity contribution in [3.63, 3.8) is 0 Å². The molecule has 1 amide bonds. The smallest absolute Gasteiger partial charge is 0.410 e. The molecule has 3 atom stereocenters. The fraction of sp³-hybridized carbons (Fsp3) is 0.714. The number of aromatic nitrogens is 4. The van der Waals surface area contributed by atoms with Crippen LogP contribution in [0.2, 0.25) is 0 Å². The Morgan fingerprint density at radius 2 is 1.70 bits per heavy atom. The largest absolute Gasteiger partial charge is 0.450 e. The summed E-state index contributed by atoms with van der Waals surface area (Å²) in [6.45, 7) is 7.07. The maximum atomic E-state index is 13.0. The second-order valence-corrected chi connectivity index (χ2v) is 8.37. The number of aryl methyl sites for hydroxylation is 1. The molecule has 2 fully saturated rings. The summed E-state index contributed by atoms with van der Waals surface area (Å²) in [4.78, 5) is 48.1. The van der Waals surface area contributed by atoms with Gasteiger partial charge in [-0.25, -0.2) is 14.6 Å². The molecule has 0 aliphatic carbocycles. The molecule has 2 aliphatic rings. The van der Waals surface area contributed by atoms with Gasteiger partial charge in [0, 0.05) is 31.1 Å². The number of imidazole rings is 1. The minimum absolute atomic E-state index is 0.129. The lowest BCUT2D eigenvalue weighted by atomic mass is 9.90. The van der Waals surface area contributed by atoms with Gasteiger partial charge in [0.15, 0.2) is 5.65 Å². The van der Waals surface area contributed by atoms with E-state index in [9.17, 15) is 14.4 Å². The highest BCUT2D eigenvalue weighted by molar-refractivity contribution is 5.70. The summed E-state index contributed by atoms with van der Waals surface area (Å²) in [5.41, 5.74) is 0.280. The molecule has 164 valence electrons. The summed E-state index contributed by atoms with van der Waals surface area (Å²) < 4.78 is 8.17. The van der Waals surface area contributed by atoms with Crippen LogP contribution in [0.1, 0.15) is 71.0 Å². The van der Waals surface area contributed by atoms with E-state index in [1.54, 1.807) is 4.57 Å². The van der Waals surface area contributed by atoms with Crippen LogP contribution in [-0.4, -0.2) is 48.8 Å². The van der Waals surface area contributed by atoms with Gasteiger partial charge in [-0.3, -0.25) is 13.9 Å². The van der Waals surface area contributed by atoms with Gasteiger partial charge in [0.05, 0.1) is 6.61 Å². The van der Waals surface area contributed by atoms with Crippen molar-refractivity contribution in [2.24, 2.45) is 0 Å². The lowest BCUT2D eigenvalue weighted by Gasteiger charge is -2.37. The zero-order valence-electron chi connectivity index (χ0n) is 18.0. The molecule has 0 aromatic carbocycles. The summed E-state index contributed by atoms with van der Waals surface area (Å²) in [7, 11) is 0. The Balaban J connectivity index is 1.71. The van der Waals surface area contributed by atoms with Crippen LogP contribution in [0.5, 0.6) is 0 Å². The van der Waals surface area contributed by atoms with Gasteiger partial charge < -0.3 is 14.6 Å². The standard InChI is InChI=1S/C21H31N5O4/c1-4-9-24-18-16(19(27)25(10-5-2)20(24)28)22-17(23-18)13-11-14-7-8-15(12-13)26(14)21(29)30-6-3/h13-15H,4-12H2,1-3H3,(H,22,23)/t13-,14+,15-. The number of carbonyl (C=O) groups excluding carboxylic acids is 1. The molecular formula is C21H31N5O4. The second kappa shape index (κ2) is 8.28. The molecule has 9 nitrogen and oxygen atoms in total. The van der Waals surface area contributed by atoms with Crippen LogP contribution >= 0.6 is 0 Å². The number of piperidine rings is 1. The van der Waals surface area contributed by atoms with Gasteiger partial charge in [-0.1, -0.05) is 13.8 Å². The van der Waals surface area contributed by atoms with E-state index in [2.05, 4.69) is 4.98 Å². The van der Waals surface area contributed by atoms with Crippen molar-refractivity contribution in [2.45, 2.75) is 90.4 Å². The molecule has 0 spiro atoms. The molecule has 2 aromatic heterocycles. The molecule has 4 rings (SSSR count). The van der Waals surface area contributed by atoms with Gasteiger partial charge in [0.1, 0.15) is 11.3 Å².